The molecule has 2 N–H and O–H groups in total. The molecule has 2 rings (SSSR count). The largest absolute Gasteiger partial charge is 0.494 e. The van der Waals surface area contributed by atoms with Crippen molar-refractivity contribution in [3.63, 3.8) is 0 Å². The van der Waals surface area contributed by atoms with Gasteiger partial charge in [-0.2, -0.15) is 5.10 Å². The number of ether oxygens (including phenoxy) is 1. The first kappa shape index (κ1) is 19.5. The van der Waals surface area contributed by atoms with Gasteiger partial charge in [0, 0.05) is 11.6 Å². The first-order valence-electron chi connectivity index (χ1n) is 8.17. The second kappa shape index (κ2) is 10.2. The number of hydrazone groups is 1. The minimum absolute atomic E-state index is 0.229. The quantitative estimate of drug-likeness (QED) is 0.445. The monoisotopic (exact) mass is 373 g/mol. The molecule has 26 heavy (non-hydrogen) atoms. The second-order valence-electron chi connectivity index (χ2n) is 5.43. The van der Waals surface area contributed by atoms with Crippen LogP contribution in [0.3, 0.4) is 0 Å². The molecule has 0 unspecified atom stereocenters. The molecule has 0 aliphatic rings. The topological polar surface area (TPSA) is 79.8 Å². The molecule has 0 saturated heterocycles. The Balaban J connectivity index is 1.76. The van der Waals surface area contributed by atoms with E-state index >= 15 is 0 Å². The summed E-state index contributed by atoms with van der Waals surface area (Å²) in [6.07, 6.45) is 2.39. The van der Waals surface area contributed by atoms with Crippen molar-refractivity contribution in [2.45, 2.75) is 19.9 Å². The number of hydrogen-bond acceptors (Lipinski definition) is 4. The summed E-state index contributed by atoms with van der Waals surface area (Å²) in [7, 11) is 0. The van der Waals surface area contributed by atoms with Crippen molar-refractivity contribution in [1.82, 2.24) is 10.7 Å². The van der Waals surface area contributed by atoms with E-state index in [1.165, 1.54) is 6.21 Å². The van der Waals surface area contributed by atoms with E-state index in [-0.39, 0.29) is 6.54 Å². The van der Waals surface area contributed by atoms with Crippen LogP contribution in [0, 0.1) is 0 Å². The average molecular weight is 374 g/mol. The predicted molar refractivity (Wildman–Crippen MR) is 101 cm³/mol. The summed E-state index contributed by atoms with van der Waals surface area (Å²) in [4.78, 5) is 23.4. The van der Waals surface area contributed by atoms with Gasteiger partial charge in [-0.25, -0.2) is 5.43 Å². The number of hydrogen-bond donors (Lipinski definition) is 2. The standard InChI is InChI=1S/C19H20ClN3O3/c1-2-11-26-17-9-5-15(6-10-17)13-22-23-19(25)18(24)21-12-14-3-7-16(20)8-4-14/h3-10,13H,2,11-12H2,1H3,(H,21,24)(H,23,25)/b22-13+. The highest BCUT2D eigenvalue weighted by Crippen LogP contribution is 2.11. The molecule has 0 spiro atoms. The van der Waals surface area contributed by atoms with E-state index in [2.05, 4.69) is 15.8 Å². The molecule has 2 aromatic rings. The van der Waals surface area contributed by atoms with Gasteiger partial charge < -0.3 is 10.1 Å². The Morgan fingerprint density at radius 3 is 2.42 bits per heavy atom. The van der Waals surface area contributed by atoms with E-state index < -0.39 is 11.8 Å². The van der Waals surface area contributed by atoms with Crippen molar-refractivity contribution in [2.24, 2.45) is 5.10 Å². The fraction of sp³-hybridized carbons (Fsp3) is 0.211. The van der Waals surface area contributed by atoms with Crippen molar-refractivity contribution in [3.05, 3.63) is 64.7 Å². The number of nitrogens with zero attached hydrogens (tertiary/aromatic N) is 1. The molecule has 0 heterocycles. The molecule has 0 aromatic heterocycles. The number of carbonyl (C=O) groups excluding carboxylic acids is 2. The predicted octanol–water partition coefficient (Wildman–Crippen LogP) is 2.90. The summed E-state index contributed by atoms with van der Waals surface area (Å²) < 4.78 is 5.48. The fourth-order valence-electron chi connectivity index (χ4n) is 1.95. The van der Waals surface area contributed by atoms with Gasteiger partial charge in [-0.15, -0.1) is 0 Å². The number of nitrogens with one attached hydrogen (secondary N) is 2. The second-order valence-corrected chi connectivity index (χ2v) is 5.86. The van der Waals surface area contributed by atoms with Crippen LogP contribution in [0.5, 0.6) is 5.75 Å². The lowest BCUT2D eigenvalue weighted by molar-refractivity contribution is -0.139. The van der Waals surface area contributed by atoms with Crippen molar-refractivity contribution in [2.75, 3.05) is 6.61 Å². The number of rotatable bonds is 7. The molecule has 0 fully saturated rings. The van der Waals surface area contributed by atoms with Gasteiger partial charge in [0.2, 0.25) is 0 Å². The summed E-state index contributed by atoms with van der Waals surface area (Å²) in [6, 6.07) is 14.2. The van der Waals surface area contributed by atoms with Crippen LogP contribution >= 0.6 is 11.6 Å². The Morgan fingerprint density at radius 1 is 1.08 bits per heavy atom. The van der Waals surface area contributed by atoms with E-state index in [1.807, 2.05) is 19.1 Å². The zero-order valence-electron chi connectivity index (χ0n) is 14.4. The van der Waals surface area contributed by atoms with Gasteiger partial charge in [0.15, 0.2) is 0 Å². The molecular weight excluding hydrogens is 354 g/mol. The molecule has 6 nitrogen and oxygen atoms in total. The molecule has 0 aliphatic carbocycles. The lowest BCUT2D eigenvalue weighted by Crippen LogP contribution is -2.37. The number of carbonyl (C=O) groups is 2. The molecule has 2 aromatic carbocycles. The third-order valence-electron chi connectivity index (χ3n) is 3.31. The summed E-state index contributed by atoms with van der Waals surface area (Å²) in [5, 5.41) is 6.90. The summed E-state index contributed by atoms with van der Waals surface area (Å²) in [5.41, 5.74) is 3.80. The Kier molecular flexibility index (Phi) is 7.64. The van der Waals surface area contributed by atoms with E-state index in [1.54, 1.807) is 36.4 Å². The first-order valence-corrected chi connectivity index (χ1v) is 8.55. The molecule has 0 bridgehead atoms. The Labute approximate surface area is 157 Å². The Bertz CT molecular complexity index is 759. The van der Waals surface area contributed by atoms with Crippen LogP contribution in [0.15, 0.2) is 53.6 Å². The van der Waals surface area contributed by atoms with Crippen LogP contribution in [0.4, 0.5) is 0 Å². The highest BCUT2D eigenvalue weighted by molar-refractivity contribution is 6.35. The van der Waals surface area contributed by atoms with Gasteiger partial charge in [-0.3, -0.25) is 9.59 Å². The van der Waals surface area contributed by atoms with Gasteiger partial charge in [0.05, 0.1) is 12.8 Å². The van der Waals surface area contributed by atoms with Crippen LogP contribution in [-0.2, 0) is 16.1 Å². The normalized spacial score (nSPS) is 10.5. The van der Waals surface area contributed by atoms with Gasteiger partial charge >= 0.3 is 11.8 Å². The zero-order chi connectivity index (χ0) is 18.8. The fourth-order valence-corrected chi connectivity index (χ4v) is 2.08. The highest BCUT2D eigenvalue weighted by atomic mass is 35.5. The summed E-state index contributed by atoms with van der Waals surface area (Å²) >= 11 is 5.79. The van der Waals surface area contributed by atoms with E-state index in [9.17, 15) is 9.59 Å². The van der Waals surface area contributed by atoms with Crippen molar-refractivity contribution in [1.29, 1.82) is 0 Å². The smallest absolute Gasteiger partial charge is 0.329 e. The minimum Gasteiger partial charge on any atom is -0.494 e. The lowest BCUT2D eigenvalue weighted by Gasteiger charge is -2.05. The van der Waals surface area contributed by atoms with Crippen LogP contribution in [0.1, 0.15) is 24.5 Å². The van der Waals surface area contributed by atoms with E-state index in [0.717, 1.165) is 23.3 Å². The SMILES string of the molecule is CCCOc1ccc(/C=N/NC(=O)C(=O)NCc2ccc(Cl)cc2)cc1. The third kappa shape index (κ3) is 6.57. The molecule has 136 valence electrons. The van der Waals surface area contributed by atoms with Gasteiger partial charge in [-0.1, -0.05) is 30.7 Å². The summed E-state index contributed by atoms with van der Waals surface area (Å²) in [5.74, 6) is -0.826. The van der Waals surface area contributed by atoms with Gasteiger partial charge in [0.25, 0.3) is 0 Å². The molecular formula is C19H20ClN3O3. The zero-order valence-corrected chi connectivity index (χ0v) is 15.1. The van der Waals surface area contributed by atoms with E-state index in [4.69, 9.17) is 16.3 Å². The maximum atomic E-state index is 11.7. The Morgan fingerprint density at radius 2 is 1.77 bits per heavy atom. The number of benzene rings is 2. The van der Waals surface area contributed by atoms with Crippen molar-refractivity contribution >= 4 is 29.6 Å². The maximum Gasteiger partial charge on any atom is 0.329 e. The van der Waals surface area contributed by atoms with Crippen LogP contribution < -0.4 is 15.5 Å². The third-order valence-corrected chi connectivity index (χ3v) is 3.56. The molecule has 0 radical (unpaired) electrons. The molecule has 0 saturated carbocycles. The number of halogens is 1. The van der Waals surface area contributed by atoms with Crippen molar-refractivity contribution < 1.29 is 14.3 Å². The minimum atomic E-state index is -0.835. The highest BCUT2D eigenvalue weighted by Gasteiger charge is 2.11. The lowest BCUT2D eigenvalue weighted by atomic mass is 10.2. The van der Waals surface area contributed by atoms with Crippen molar-refractivity contribution in [3.8, 4) is 5.75 Å². The number of amides is 2. The van der Waals surface area contributed by atoms with Gasteiger partial charge in [-0.05, 0) is 53.9 Å². The molecule has 0 aliphatic heterocycles. The average Bonchev–Trinajstić information content (AvgIpc) is 2.66. The molecule has 7 heteroatoms. The van der Waals surface area contributed by atoms with Crippen LogP contribution in [-0.4, -0.2) is 24.6 Å². The molecule has 0 atom stereocenters. The maximum absolute atomic E-state index is 11.7. The van der Waals surface area contributed by atoms with Gasteiger partial charge in [0.1, 0.15) is 5.75 Å². The Hall–Kier alpha value is -2.86. The molecule has 2 amide bonds. The summed E-state index contributed by atoms with van der Waals surface area (Å²) in [6.45, 7) is 2.93. The van der Waals surface area contributed by atoms with Crippen LogP contribution in [0.25, 0.3) is 0 Å². The first-order chi connectivity index (χ1) is 12.6. The van der Waals surface area contributed by atoms with Crippen LogP contribution in [0.2, 0.25) is 5.02 Å². The van der Waals surface area contributed by atoms with E-state index in [0.29, 0.717) is 11.6 Å².